The number of ether oxygens (including phenoxy) is 4. The van der Waals surface area contributed by atoms with E-state index in [2.05, 4.69) is 22.1 Å². The van der Waals surface area contributed by atoms with Crippen molar-refractivity contribution in [1.82, 2.24) is 20.0 Å². The molecule has 19 heteroatoms. The molecule has 0 aromatic heterocycles. The Morgan fingerprint density at radius 3 is 2.37 bits per heavy atom. The molecular formula is C57H70ClN7O11. The number of aliphatic hydroxyl groups is 1. The van der Waals surface area contributed by atoms with Gasteiger partial charge in [0.25, 0.3) is 5.91 Å². The Bertz CT molecular complexity index is 2770. The summed E-state index contributed by atoms with van der Waals surface area (Å²) < 4.78 is 23.2. The lowest BCUT2D eigenvalue weighted by molar-refractivity contribution is -0.119. The third kappa shape index (κ3) is 12.8. The number of fused-ring (bicyclic) bond motifs is 5. The number of nitrogens with zero attached hydrogens (tertiary/aromatic N) is 5. The normalized spacial score (nSPS) is 18.5. The summed E-state index contributed by atoms with van der Waals surface area (Å²) in [5, 5.41) is 19.0. The molecule has 0 bridgehead atoms. The van der Waals surface area contributed by atoms with Gasteiger partial charge >= 0.3 is 18.3 Å². The van der Waals surface area contributed by atoms with Crippen LogP contribution in [0.25, 0.3) is 10.8 Å². The standard InChI is InChI=1S/C57H70ClN7O11/c1-5-7-9-17-44(60-55(70)74-29-6-2)52(67)59-40-22-20-38(21-23-40)36-75-57(72)65-46-32-48(37(3)31-43(46)53(68)63-24-14-18-45(63)54(65)69)73-30-13-8-10-19-50(66)64-35-39(34-58)51-42-16-12-11-15-41(42)49(33-47(51)64)76-56(71)62-27-25-61(4)26-28-62/h6,11-12,15-16,20-23,31-33,39,44-45,54,69H,2,5,7-10,13-14,17-19,24-30,34-36H2,1,3-4H3,(H,59,67)(H,60,70)/t39-,44+,45+,54?/m1/s1. The number of aliphatic hydroxyl groups excluding tert-OH is 1. The maximum absolute atomic E-state index is 14.1. The van der Waals surface area contributed by atoms with E-state index in [1.54, 1.807) is 51.1 Å². The summed E-state index contributed by atoms with van der Waals surface area (Å²) in [6, 6.07) is 18.1. The van der Waals surface area contributed by atoms with Crippen LogP contribution in [0.4, 0.5) is 31.4 Å². The highest BCUT2D eigenvalue weighted by Gasteiger charge is 2.45. The molecule has 2 fully saturated rings. The first-order valence-electron chi connectivity index (χ1n) is 26.5. The second kappa shape index (κ2) is 25.8. The second-order valence-corrected chi connectivity index (χ2v) is 20.3. The van der Waals surface area contributed by atoms with Gasteiger partial charge in [0.2, 0.25) is 11.8 Å². The van der Waals surface area contributed by atoms with Gasteiger partial charge < -0.3 is 54.3 Å². The highest BCUT2D eigenvalue weighted by Crippen LogP contribution is 2.46. The molecule has 4 aromatic carbocycles. The molecule has 76 heavy (non-hydrogen) atoms. The molecule has 4 atom stereocenters. The topological polar surface area (TPSA) is 200 Å². The van der Waals surface area contributed by atoms with Gasteiger partial charge in [-0.1, -0.05) is 75.2 Å². The van der Waals surface area contributed by atoms with E-state index in [1.165, 1.54) is 6.08 Å². The van der Waals surface area contributed by atoms with Crippen LogP contribution in [0.5, 0.6) is 11.5 Å². The molecule has 2 saturated heterocycles. The molecular weight excluding hydrogens is 994 g/mol. The molecule has 0 radical (unpaired) electrons. The molecule has 3 N–H and O–H groups in total. The van der Waals surface area contributed by atoms with Crippen molar-refractivity contribution < 1.29 is 52.8 Å². The molecule has 0 aliphatic carbocycles. The lowest BCUT2D eigenvalue weighted by atomic mass is 9.95. The van der Waals surface area contributed by atoms with Gasteiger partial charge in [-0.2, -0.15) is 0 Å². The van der Waals surface area contributed by atoms with E-state index < -0.39 is 42.5 Å². The Hall–Kier alpha value is -6.89. The number of amides is 6. The molecule has 406 valence electrons. The third-order valence-electron chi connectivity index (χ3n) is 14.6. The molecule has 4 aliphatic rings. The van der Waals surface area contributed by atoms with Crippen LogP contribution in [0.1, 0.15) is 104 Å². The summed E-state index contributed by atoms with van der Waals surface area (Å²) in [5.41, 5.74) is 3.84. The molecule has 18 nitrogen and oxygen atoms in total. The average molecular weight is 1060 g/mol. The van der Waals surface area contributed by atoms with Crippen LogP contribution in [0.3, 0.4) is 0 Å². The number of unbranched alkanes of at least 4 members (excludes halogenated alkanes) is 4. The van der Waals surface area contributed by atoms with Crippen LogP contribution < -0.4 is 29.9 Å². The smallest absolute Gasteiger partial charge is 0.416 e. The Labute approximate surface area is 449 Å². The summed E-state index contributed by atoms with van der Waals surface area (Å²) in [6.45, 7) is 11.0. The van der Waals surface area contributed by atoms with Gasteiger partial charge in [-0.25, -0.2) is 19.3 Å². The Morgan fingerprint density at radius 1 is 0.882 bits per heavy atom. The Morgan fingerprint density at radius 2 is 1.63 bits per heavy atom. The fraction of sp³-hybridized carbons (Fsp3) is 0.474. The summed E-state index contributed by atoms with van der Waals surface area (Å²) in [4.78, 5) is 89.4. The number of likely N-dealkylation sites (N-methyl/N-ethyl adjacent to an activating group) is 1. The summed E-state index contributed by atoms with van der Waals surface area (Å²) in [5.74, 6) is 0.313. The predicted octanol–water partition coefficient (Wildman–Crippen LogP) is 9.08. The predicted molar refractivity (Wildman–Crippen MR) is 290 cm³/mol. The first-order valence-corrected chi connectivity index (χ1v) is 27.1. The molecule has 4 heterocycles. The number of piperazine rings is 1. The average Bonchev–Trinajstić information content (AvgIpc) is 4.12. The van der Waals surface area contributed by atoms with E-state index in [4.69, 9.17) is 30.5 Å². The van der Waals surface area contributed by atoms with Crippen LogP contribution >= 0.6 is 11.6 Å². The maximum Gasteiger partial charge on any atom is 0.416 e. The zero-order chi connectivity index (χ0) is 53.9. The molecule has 0 saturated carbocycles. The van der Waals surface area contributed by atoms with E-state index in [-0.39, 0.29) is 55.2 Å². The van der Waals surface area contributed by atoms with Crippen molar-refractivity contribution in [2.75, 3.05) is 80.5 Å². The van der Waals surface area contributed by atoms with Crippen molar-refractivity contribution in [3.05, 3.63) is 102 Å². The third-order valence-corrected chi connectivity index (χ3v) is 15.0. The molecule has 1 unspecified atom stereocenters. The SMILES string of the molecule is C=CCOC(=O)N[C@@H](CCCCC)C(=O)Nc1ccc(COC(=O)N2c3cc(OCCCCCC(=O)N4C[C@@H](CCl)c5c4cc(OC(=O)N4CCN(C)CC4)c4ccccc54)c(C)cc3C(=O)N3CCC[C@H]3C2O)cc1. The molecule has 8 rings (SSSR count). The minimum absolute atomic E-state index is 0.0137. The minimum Gasteiger partial charge on any atom is -0.493 e. The highest BCUT2D eigenvalue weighted by molar-refractivity contribution is 6.19. The van der Waals surface area contributed by atoms with Crippen molar-refractivity contribution in [3.8, 4) is 11.5 Å². The van der Waals surface area contributed by atoms with Crippen LogP contribution in [0.2, 0.25) is 0 Å². The highest BCUT2D eigenvalue weighted by atomic mass is 35.5. The zero-order valence-corrected chi connectivity index (χ0v) is 44.5. The van der Waals surface area contributed by atoms with Gasteiger partial charge in [-0.05, 0) is 92.8 Å². The van der Waals surface area contributed by atoms with Crippen LogP contribution in [0.15, 0.2) is 79.4 Å². The van der Waals surface area contributed by atoms with E-state index >= 15 is 0 Å². The van der Waals surface area contributed by atoms with E-state index in [0.29, 0.717) is 105 Å². The molecule has 4 aliphatic heterocycles. The molecule has 0 spiro atoms. The van der Waals surface area contributed by atoms with Crippen molar-refractivity contribution in [2.24, 2.45) is 0 Å². The van der Waals surface area contributed by atoms with Crippen LogP contribution in [-0.4, -0.2) is 140 Å². The summed E-state index contributed by atoms with van der Waals surface area (Å²) in [6.07, 6.45) is 4.36. The Kier molecular flexibility index (Phi) is 18.8. The number of benzene rings is 4. The van der Waals surface area contributed by atoms with Crippen molar-refractivity contribution in [1.29, 1.82) is 0 Å². The lowest BCUT2D eigenvalue weighted by Crippen LogP contribution is -2.50. The van der Waals surface area contributed by atoms with Crippen molar-refractivity contribution in [3.63, 3.8) is 0 Å². The number of anilines is 3. The first kappa shape index (κ1) is 55.3. The number of alkyl halides is 1. The van der Waals surface area contributed by atoms with Gasteiger partial charge in [0.15, 0.2) is 6.23 Å². The van der Waals surface area contributed by atoms with Gasteiger partial charge in [0.1, 0.15) is 30.8 Å². The second-order valence-electron chi connectivity index (χ2n) is 20.0. The number of nitrogens with one attached hydrogen (secondary N) is 2. The number of aryl methyl sites for hydroxylation is 1. The van der Waals surface area contributed by atoms with Gasteiger partial charge in [-0.3, -0.25) is 14.4 Å². The number of halogens is 1. The monoisotopic (exact) mass is 1060 g/mol. The molecule has 6 amide bonds. The minimum atomic E-state index is -1.40. The van der Waals surface area contributed by atoms with Crippen LogP contribution in [0, 0.1) is 6.92 Å². The van der Waals surface area contributed by atoms with Gasteiger partial charge in [0.05, 0.1) is 29.6 Å². The maximum atomic E-state index is 14.1. The number of carbonyl (C=O) groups excluding carboxylic acids is 6. The largest absolute Gasteiger partial charge is 0.493 e. The number of rotatable bonds is 20. The van der Waals surface area contributed by atoms with Gasteiger partial charge in [-0.15, -0.1) is 11.6 Å². The summed E-state index contributed by atoms with van der Waals surface area (Å²) in [7, 11) is 2.02. The number of hydrogen-bond acceptors (Lipinski definition) is 12. The zero-order valence-electron chi connectivity index (χ0n) is 43.7. The quantitative estimate of drug-likeness (QED) is 0.0432. The number of alkyl carbamates (subject to hydrolysis) is 1. The number of hydrogen-bond donors (Lipinski definition) is 3. The Balaban J connectivity index is 0.882. The number of carbonyl (C=O) groups is 6. The summed E-state index contributed by atoms with van der Waals surface area (Å²) >= 11 is 6.54. The fourth-order valence-corrected chi connectivity index (χ4v) is 10.7. The fourth-order valence-electron chi connectivity index (χ4n) is 10.4. The van der Waals surface area contributed by atoms with Gasteiger partial charge in [0, 0.05) is 80.7 Å². The van der Waals surface area contributed by atoms with E-state index in [0.717, 1.165) is 53.6 Å². The van der Waals surface area contributed by atoms with Crippen molar-refractivity contribution >= 4 is 75.4 Å². The van der Waals surface area contributed by atoms with Crippen molar-refractivity contribution in [2.45, 2.75) is 109 Å². The van der Waals surface area contributed by atoms with Crippen LogP contribution in [-0.2, 0) is 25.7 Å². The molecule has 4 aromatic rings. The first-order chi connectivity index (χ1) is 36.8. The lowest BCUT2D eigenvalue weighted by Gasteiger charge is -2.31. The van der Waals surface area contributed by atoms with E-state index in [1.807, 2.05) is 51.2 Å². The van der Waals surface area contributed by atoms with E-state index in [9.17, 15) is 33.9 Å².